The van der Waals surface area contributed by atoms with E-state index in [-0.39, 0.29) is 5.91 Å². The number of piperidine rings is 1. The topological polar surface area (TPSA) is 103 Å². The summed E-state index contributed by atoms with van der Waals surface area (Å²) in [7, 11) is 0. The smallest absolute Gasteiger partial charge is 0.252 e. The second kappa shape index (κ2) is 6.83. The van der Waals surface area contributed by atoms with Crippen molar-refractivity contribution in [2.75, 3.05) is 18.4 Å². The average Bonchev–Trinajstić information content (AvgIpc) is 3.21. The molecule has 1 saturated carbocycles. The van der Waals surface area contributed by atoms with Gasteiger partial charge in [0.05, 0.1) is 6.04 Å². The van der Waals surface area contributed by atoms with Crippen molar-refractivity contribution in [1.29, 1.82) is 0 Å². The third-order valence-electron chi connectivity index (χ3n) is 5.56. The lowest BCUT2D eigenvalue weighted by Crippen LogP contribution is -2.52. The van der Waals surface area contributed by atoms with Crippen LogP contribution in [0.25, 0.3) is 11.4 Å². The number of nitrogens with zero attached hydrogens (tertiary/aromatic N) is 6. The molecule has 0 spiro atoms. The van der Waals surface area contributed by atoms with Gasteiger partial charge in [0.25, 0.3) is 5.91 Å². The van der Waals surface area contributed by atoms with Crippen molar-refractivity contribution in [1.82, 2.24) is 35.3 Å². The van der Waals surface area contributed by atoms with Gasteiger partial charge in [-0.15, -0.1) is 5.10 Å². The molecule has 3 aromatic rings. The van der Waals surface area contributed by atoms with Crippen LogP contribution in [-0.4, -0.2) is 49.0 Å². The Morgan fingerprint density at radius 1 is 1.21 bits per heavy atom. The van der Waals surface area contributed by atoms with Crippen LogP contribution in [0.15, 0.2) is 42.7 Å². The predicted octanol–water partition coefficient (Wildman–Crippen LogP) is 1.59. The molecule has 144 valence electrons. The lowest BCUT2D eigenvalue weighted by molar-refractivity contribution is -0.126. The van der Waals surface area contributed by atoms with Crippen LogP contribution in [0.4, 0.5) is 5.69 Å². The number of carbonyl (C=O) groups is 1. The van der Waals surface area contributed by atoms with E-state index in [0.29, 0.717) is 18.9 Å². The molecule has 2 aromatic heterocycles. The summed E-state index contributed by atoms with van der Waals surface area (Å²) in [5.74, 6) is 0.693. The van der Waals surface area contributed by atoms with Crippen LogP contribution in [0.2, 0.25) is 0 Å². The van der Waals surface area contributed by atoms with E-state index in [1.807, 2.05) is 41.2 Å². The zero-order valence-corrected chi connectivity index (χ0v) is 15.5. The Labute approximate surface area is 162 Å². The van der Waals surface area contributed by atoms with Gasteiger partial charge in [-0.3, -0.25) is 9.48 Å². The Hall–Kier alpha value is -3.07. The Morgan fingerprint density at radius 2 is 2.07 bits per heavy atom. The van der Waals surface area contributed by atoms with Crippen molar-refractivity contribution in [2.24, 2.45) is 0 Å². The van der Waals surface area contributed by atoms with Gasteiger partial charge in [-0.05, 0) is 67.4 Å². The maximum Gasteiger partial charge on any atom is 0.252 e. The highest BCUT2D eigenvalue weighted by Crippen LogP contribution is 2.37. The van der Waals surface area contributed by atoms with E-state index in [9.17, 15) is 4.79 Å². The lowest BCUT2D eigenvalue weighted by atomic mass is 9.87. The molecule has 1 aromatic carbocycles. The summed E-state index contributed by atoms with van der Waals surface area (Å²) in [6.07, 6.45) is 7.19. The SMILES string of the molecule is O=C(Nc1cccc(-c2nnnn2C2CC2)c1)C1(n2cccn2)CCNCC1. The van der Waals surface area contributed by atoms with Gasteiger partial charge in [-0.25, -0.2) is 4.68 Å². The number of carbonyl (C=O) groups excluding carboxylic acids is 1. The fourth-order valence-electron chi connectivity index (χ4n) is 3.85. The molecule has 1 saturated heterocycles. The van der Waals surface area contributed by atoms with Gasteiger partial charge < -0.3 is 10.6 Å². The number of tetrazole rings is 1. The van der Waals surface area contributed by atoms with Crippen molar-refractivity contribution in [3.63, 3.8) is 0 Å². The van der Waals surface area contributed by atoms with Crippen LogP contribution >= 0.6 is 0 Å². The largest absolute Gasteiger partial charge is 0.324 e. The first-order chi connectivity index (χ1) is 13.8. The maximum absolute atomic E-state index is 13.3. The fraction of sp³-hybridized carbons (Fsp3) is 0.421. The van der Waals surface area contributed by atoms with Crippen molar-refractivity contribution < 1.29 is 4.79 Å². The molecule has 2 fully saturated rings. The Kier molecular flexibility index (Phi) is 4.16. The number of aromatic nitrogens is 6. The third kappa shape index (κ3) is 2.97. The molecule has 5 rings (SSSR count). The summed E-state index contributed by atoms with van der Waals surface area (Å²) in [5, 5.41) is 22.9. The minimum absolute atomic E-state index is 0.0448. The monoisotopic (exact) mass is 378 g/mol. The zero-order chi connectivity index (χ0) is 19.0. The molecule has 9 nitrogen and oxygen atoms in total. The fourth-order valence-corrected chi connectivity index (χ4v) is 3.85. The van der Waals surface area contributed by atoms with Crippen LogP contribution in [0.5, 0.6) is 0 Å². The van der Waals surface area contributed by atoms with Crippen LogP contribution in [0.1, 0.15) is 31.7 Å². The number of nitrogens with one attached hydrogen (secondary N) is 2. The second-order valence-electron chi connectivity index (χ2n) is 7.45. The molecule has 1 aliphatic heterocycles. The highest BCUT2D eigenvalue weighted by Gasteiger charge is 2.42. The number of hydrogen-bond donors (Lipinski definition) is 2. The lowest BCUT2D eigenvalue weighted by Gasteiger charge is -2.36. The molecule has 2 N–H and O–H groups in total. The molecule has 0 radical (unpaired) electrons. The first-order valence-electron chi connectivity index (χ1n) is 9.67. The van der Waals surface area contributed by atoms with E-state index < -0.39 is 5.54 Å². The van der Waals surface area contributed by atoms with Gasteiger partial charge >= 0.3 is 0 Å². The number of amides is 1. The Bertz CT molecular complexity index is 970. The molecule has 2 aliphatic rings. The average molecular weight is 378 g/mol. The Balaban J connectivity index is 1.42. The summed E-state index contributed by atoms with van der Waals surface area (Å²) >= 11 is 0. The summed E-state index contributed by atoms with van der Waals surface area (Å²) in [5.41, 5.74) is 0.950. The van der Waals surface area contributed by atoms with Gasteiger partial charge in [-0.1, -0.05) is 12.1 Å². The van der Waals surface area contributed by atoms with Gasteiger partial charge in [0.1, 0.15) is 5.54 Å². The minimum Gasteiger partial charge on any atom is -0.324 e. The van der Waals surface area contributed by atoms with Gasteiger partial charge in [0.2, 0.25) is 0 Å². The third-order valence-corrected chi connectivity index (χ3v) is 5.56. The number of anilines is 1. The van der Waals surface area contributed by atoms with Crippen molar-refractivity contribution >= 4 is 11.6 Å². The highest BCUT2D eigenvalue weighted by molar-refractivity contribution is 5.97. The minimum atomic E-state index is -0.680. The Morgan fingerprint density at radius 3 is 2.82 bits per heavy atom. The molecule has 28 heavy (non-hydrogen) atoms. The first-order valence-corrected chi connectivity index (χ1v) is 9.67. The van der Waals surface area contributed by atoms with E-state index in [4.69, 9.17) is 0 Å². The molecule has 1 amide bonds. The van der Waals surface area contributed by atoms with Gasteiger partial charge in [-0.2, -0.15) is 5.10 Å². The van der Waals surface area contributed by atoms with Crippen LogP contribution in [0, 0.1) is 0 Å². The van der Waals surface area contributed by atoms with Gasteiger partial charge in [0, 0.05) is 23.6 Å². The molecular weight excluding hydrogens is 356 g/mol. The summed E-state index contributed by atoms with van der Waals surface area (Å²) in [4.78, 5) is 13.3. The maximum atomic E-state index is 13.3. The number of benzene rings is 1. The van der Waals surface area contributed by atoms with Gasteiger partial charge in [0.15, 0.2) is 5.82 Å². The van der Waals surface area contributed by atoms with Crippen molar-refractivity contribution in [2.45, 2.75) is 37.3 Å². The molecule has 0 bridgehead atoms. The van der Waals surface area contributed by atoms with E-state index in [1.165, 1.54) is 0 Å². The second-order valence-corrected chi connectivity index (χ2v) is 7.45. The summed E-state index contributed by atoms with van der Waals surface area (Å²) in [6.45, 7) is 1.56. The molecule has 0 unspecified atom stereocenters. The molecule has 9 heteroatoms. The molecule has 1 aliphatic carbocycles. The summed E-state index contributed by atoms with van der Waals surface area (Å²) in [6, 6.07) is 9.95. The van der Waals surface area contributed by atoms with Crippen molar-refractivity contribution in [3.8, 4) is 11.4 Å². The van der Waals surface area contributed by atoms with Crippen LogP contribution in [-0.2, 0) is 10.3 Å². The normalized spacial score (nSPS) is 18.7. The number of rotatable bonds is 5. The van der Waals surface area contributed by atoms with E-state index >= 15 is 0 Å². The molecule has 0 atom stereocenters. The highest BCUT2D eigenvalue weighted by atomic mass is 16.2. The first kappa shape index (κ1) is 17.1. The van der Waals surface area contributed by atoms with E-state index in [2.05, 4.69) is 31.3 Å². The van der Waals surface area contributed by atoms with Crippen LogP contribution < -0.4 is 10.6 Å². The quantitative estimate of drug-likeness (QED) is 0.699. The van der Waals surface area contributed by atoms with Crippen LogP contribution in [0.3, 0.4) is 0 Å². The van der Waals surface area contributed by atoms with Crippen molar-refractivity contribution in [3.05, 3.63) is 42.7 Å². The predicted molar refractivity (Wildman–Crippen MR) is 102 cm³/mol. The standard InChI is InChI=1S/C19H22N8O/c28-18(19(7-10-20-11-8-19)26-12-2-9-21-26)22-15-4-1-3-14(13-15)17-23-24-25-27(17)16-5-6-16/h1-4,9,12-13,16,20H,5-8,10-11H2,(H,22,28). The summed E-state index contributed by atoms with van der Waals surface area (Å²) < 4.78 is 3.67. The molecule has 3 heterocycles. The van der Waals surface area contributed by atoms with E-state index in [0.717, 1.165) is 43.0 Å². The zero-order valence-electron chi connectivity index (χ0n) is 15.5. The van der Waals surface area contributed by atoms with E-state index in [1.54, 1.807) is 10.9 Å². The number of hydrogen-bond acceptors (Lipinski definition) is 6. The molecular formula is C19H22N8O.